The number of carbonyl (C=O) groups excluding carboxylic acids is 1. The molecule has 106 valence electrons. The van der Waals surface area contributed by atoms with Gasteiger partial charge in [0, 0.05) is 29.6 Å². The molecule has 0 unspecified atom stereocenters. The van der Waals surface area contributed by atoms with Crippen LogP contribution in [0, 0.1) is 10.1 Å². The van der Waals surface area contributed by atoms with Gasteiger partial charge in [0.15, 0.2) is 0 Å². The number of rotatable bonds is 4. The molecule has 0 radical (unpaired) electrons. The summed E-state index contributed by atoms with van der Waals surface area (Å²) in [5.41, 5.74) is 2.74. The van der Waals surface area contributed by atoms with E-state index in [0.29, 0.717) is 5.56 Å². The van der Waals surface area contributed by atoms with Crippen LogP contribution in [0.5, 0.6) is 0 Å². The van der Waals surface area contributed by atoms with E-state index in [2.05, 4.69) is 15.5 Å². The number of hydrogen-bond acceptors (Lipinski definition) is 5. The molecule has 1 aromatic carbocycles. The van der Waals surface area contributed by atoms with Crippen molar-refractivity contribution in [3.05, 3.63) is 69.0 Å². The molecule has 0 aliphatic heterocycles. The number of nitrogens with zero attached hydrogens (tertiary/aromatic N) is 3. The molecular formula is C13H9ClN4O3. The molecule has 8 heteroatoms. The number of nitrogens with one attached hydrogen (secondary N) is 1. The van der Waals surface area contributed by atoms with Gasteiger partial charge in [-0.25, -0.2) is 5.43 Å². The average Bonchev–Trinajstić information content (AvgIpc) is 2.48. The number of halogens is 1. The molecule has 0 atom stereocenters. The Hall–Kier alpha value is -2.80. The molecule has 0 saturated heterocycles. The third-order valence-electron chi connectivity index (χ3n) is 2.47. The summed E-state index contributed by atoms with van der Waals surface area (Å²) in [5, 5.41) is 14.5. The Labute approximate surface area is 124 Å². The van der Waals surface area contributed by atoms with Crippen molar-refractivity contribution in [1.82, 2.24) is 10.4 Å². The van der Waals surface area contributed by atoms with Crippen LogP contribution in [-0.4, -0.2) is 22.0 Å². The highest BCUT2D eigenvalue weighted by molar-refractivity contribution is 6.32. The maximum Gasteiger partial charge on any atom is 0.288 e. The van der Waals surface area contributed by atoms with E-state index in [1.807, 2.05) is 0 Å². The molecule has 21 heavy (non-hydrogen) atoms. The van der Waals surface area contributed by atoms with Crippen molar-refractivity contribution in [2.75, 3.05) is 0 Å². The third-order valence-corrected chi connectivity index (χ3v) is 2.79. The van der Waals surface area contributed by atoms with Crippen molar-refractivity contribution >= 4 is 29.4 Å². The molecule has 0 bridgehead atoms. The summed E-state index contributed by atoms with van der Waals surface area (Å²) < 4.78 is 0. The number of hydrazone groups is 1. The molecule has 0 aliphatic carbocycles. The molecule has 7 nitrogen and oxygen atoms in total. The Morgan fingerprint density at radius 3 is 2.90 bits per heavy atom. The lowest BCUT2D eigenvalue weighted by Crippen LogP contribution is -2.17. The van der Waals surface area contributed by atoms with Crippen LogP contribution in [0.25, 0.3) is 0 Å². The number of carbonyl (C=O) groups is 1. The van der Waals surface area contributed by atoms with Crippen LogP contribution in [0.2, 0.25) is 5.02 Å². The molecule has 2 rings (SSSR count). The van der Waals surface area contributed by atoms with E-state index in [1.54, 1.807) is 24.5 Å². The van der Waals surface area contributed by atoms with E-state index in [0.717, 1.165) is 6.07 Å². The Morgan fingerprint density at radius 1 is 1.43 bits per heavy atom. The number of hydrogen-bond donors (Lipinski definition) is 1. The molecule has 0 aliphatic rings. The van der Waals surface area contributed by atoms with Crippen LogP contribution >= 0.6 is 11.6 Å². The van der Waals surface area contributed by atoms with E-state index in [4.69, 9.17) is 11.6 Å². The first-order valence-electron chi connectivity index (χ1n) is 5.75. The third kappa shape index (κ3) is 3.83. The smallest absolute Gasteiger partial charge is 0.267 e. The Balaban J connectivity index is 2.09. The SMILES string of the molecule is O=C(N/N=C/c1cccnc1)c1ccc(Cl)c([N+](=O)[O-])c1. The average molecular weight is 305 g/mol. The predicted molar refractivity (Wildman–Crippen MR) is 77.4 cm³/mol. The van der Waals surface area contributed by atoms with Crippen LogP contribution in [0.3, 0.4) is 0 Å². The van der Waals surface area contributed by atoms with Crippen LogP contribution in [-0.2, 0) is 0 Å². The number of pyridine rings is 1. The summed E-state index contributed by atoms with van der Waals surface area (Å²) in [6.45, 7) is 0. The first-order valence-corrected chi connectivity index (χ1v) is 6.13. The van der Waals surface area contributed by atoms with Crippen molar-refractivity contribution in [3.8, 4) is 0 Å². The fraction of sp³-hybridized carbons (Fsp3) is 0. The number of nitro groups is 1. The van der Waals surface area contributed by atoms with E-state index >= 15 is 0 Å². The zero-order valence-electron chi connectivity index (χ0n) is 10.6. The highest BCUT2D eigenvalue weighted by atomic mass is 35.5. The summed E-state index contributed by atoms with van der Waals surface area (Å²) >= 11 is 5.67. The molecule has 1 N–H and O–H groups in total. The van der Waals surface area contributed by atoms with Gasteiger partial charge in [0.25, 0.3) is 11.6 Å². The van der Waals surface area contributed by atoms with E-state index in [-0.39, 0.29) is 16.3 Å². The van der Waals surface area contributed by atoms with E-state index in [9.17, 15) is 14.9 Å². The van der Waals surface area contributed by atoms with Crippen molar-refractivity contribution in [1.29, 1.82) is 0 Å². The minimum atomic E-state index is -0.655. The first kappa shape index (κ1) is 14.6. The zero-order valence-corrected chi connectivity index (χ0v) is 11.3. The Bertz CT molecular complexity index is 704. The van der Waals surface area contributed by atoms with Crippen LogP contribution < -0.4 is 5.43 Å². The van der Waals surface area contributed by atoms with Crippen molar-refractivity contribution < 1.29 is 9.72 Å². The first-order chi connectivity index (χ1) is 10.1. The maximum absolute atomic E-state index is 11.8. The van der Waals surface area contributed by atoms with Gasteiger partial charge in [0.1, 0.15) is 5.02 Å². The van der Waals surface area contributed by atoms with Crippen molar-refractivity contribution in [2.24, 2.45) is 5.10 Å². The summed E-state index contributed by atoms with van der Waals surface area (Å²) in [5.74, 6) is -0.574. The largest absolute Gasteiger partial charge is 0.288 e. The van der Waals surface area contributed by atoms with Crippen molar-refractivity contribution in [3.63, 3.8) is 0 Å². The van der Waals surface area contributed by atoms with Crippen LogP contribution in [0.4, 0.5) is 5.69 Å². The number of benzene rings is 1. The highest BCUT2D eigenvalue weighted by Crippen LogP contribution is 2.24. The van der Waals surface area contributed by atoms with Gasteiger partial charge in [-0.3, -0.25) is 19.9 Å². The maximum atomic E-state index is 11.8. The van der Waals surface area contributed by atoms with Gasteiger partial charge in [0.2, 0.25) is 0 Å². The summed E-state index contributed by atoms with van der Waals surface area (Å²) in [6, 6.07) is 7.25. The molecule has 1 amide bonds. The number of nitro benzene ring substituents is 1. The van der Waals surface area contributed by atoms with Gasteiger partial charge >= 0.3 is 0 Å². The Morgan fingerprint density at radius 2 is 2.24 bits per heavy atom. The van der Waals surface area contributed by atoms with E-state index in [1.165, 1.54) is 18.3 Å². The number of amides is 1. The topological polar surface area (TPSA) is 97.5 Å². The van der Waals surface area contributed by atoms with E-state index < -0.39 is 10.8 Å². The van der Waals surface area contributed by atoms with Gasteiger partial charge in [0.05, 0.1) is 11.1 Å². The monoisotopic (exact) mass is 304 g/mol. The summed E-state index contributed by atoms with van der Waals surface area (Å²) in [4.78, 5) is 25.8. The molecular weight excluding hydrogens is 296 g/mol. The fourth-order valence-electron chi connectivity index (χ4n) is 1.48. The molecule has 2 aromatic rings. The fourth-order valence-corrected chi connectivity index (χ4v) is 1.66. The molecule has 1 heterocycles. The van der Waals surface area contributed by atoms with Gasteiger partial charge in [-0.1, -0.05) is 17.7 Å². The second-order valence-electron chi connectivity index (χ2n) is 3.91. The molecule has 0 spiro atoms. The predicted octanol–water partition coefficient (Wildman–Crippen LogP) is 2.41. The lowest BCUT2D eigenvalue weighted by Gasteiger charge is -2.01. The van der Waals surface area contributed by atoms with Crippen LogP contribution in [0.15, 0.2) is 47.8 Å². The lowest BCUT2D eigenvalue weighted by atomic mass is 10.2. The van der Waals surface area contributed by atoms with Gasteiger partial charge in [-0.2, -0.15) is 5.10 Å². The lowest BCUT2D eigenvalue weighted by molar-refractivity contribution is -0.384. The van der Waals surface area contributed by atoms with Gasteiger partial charge in [-0.15, -0.1) is 0 Å². The summed E-state index contributed by atoms with van der Waals surface area (Å²) in [7, 11) is 0. The summed E-state index contributed by atoms with van der Waals surface area (Å²) in [6.07, 6.45) is 4.60. The normalized spacial score (nSPS) is 10.5. The van der Waals surface area contributed by atoms with Gasteiger partial charge in [-0.05, 0) is 18.2 Å². The minimum absolute atomic E-state index is 0.0320. The molecule has 0 fully saturated rings. The standard InChI is InChI=1S/C13H9ClN4O3/c14-11-4-3-10(6-12(11)18(20)21)13(19)17-16-8-9-2-1-5-15-7-9/h1-8H,(H,17,19)/b16-8+. The van der Waals surface area contributed by atoms with Gasteiger partial charge < -0.3 is 0 Å². The molecule has 0 saturated carbocycles. The Kier molecular flexibility index (Phi) is 4.57. The minimum Gasteiger partial charge on any atom is -0.267 e. The van der Waals surface area contributed by atoms with Crippen molar-refractivity contribution in [2.45, 2.75) is 0 Å². The zero-order chi connectivity index (χ0) is 15.2. The number of aromatic nitrogens is 1. The molecule has 1 aromatic heterocycles. The second kappa shape index (κ2) is 6.58. The van der Waals surface area contributed by atoms with Crippen LogP contribution in [0.1, 0.15) is 15.9 Å². The second-order valence-corrected chi connectivity index (χ2v) is 4.32. The highest BCUT2D eigenvalue weighted by Gasteiger charge is 2.15. The quantitative estimate of drug-likeness (QED) is 0.533.